The molecule has 1 spiro atoms. The van der Waals surface area contributed by atoms with Crippen LogP contribution in [0.3, 0.4) is 0 Å². The normalized spacial score (nSPS) is 26.1. The number of carbonyl (C=O) groups is 2. The van der Waals surface area contributed by atoms with Gasteiger partial charge in [-0.3, -0.25) is 4.79 Å². The monoisotopic (exact) mass is 391 g/mol. The van der Waals surface area contributed by atoms with Gasteiger partial charge in [0.2, 0.25) is 0 Å². The Bertz CT molecular complexity index is 720. The van der Waals surface area contributed by atoms with Crippen LogP contribution in [0, 0.1) is 0 Å². The summed E-state index contributed by atoms with van der Waals surface area (Å²) in [6.07, 6.45) is 6.46. The molecule has 3 aliphatic rings. The van der Waals surface area contributed by atoms with Gasteiger partial charge in [-0.05, 0) is 12.8 Å². The second-order valence-corrected chi connectivity index (χ2v) is 8.05. The highest BCUT2D eigenvalue weighted by molar-refractivity contribution is 5.81. The first-order chi connectivity index (χ1) is 13.5. The SMILES string of the molecule is CN(C)C(=O)N1CCC2(CC1)OC(C(=O)NCC1CCCO1)Cn1ccnc12. The summed E-state index contributed by atoms with van der Waals surface area (Å²) in [6.45, 7) is 2.90. The highest BCUT2D eigenvalue weighted by atomic mass is 16.5. The van der Waals surface area contributed by atoms with Crippen molar-refractivity contribution in [1.29, 1.82) is 0 Å². The smallest absolute Gasteiger partial charge is 0.319 e. The van der Waals surface area contributed by atoms with Crippen molar-refractivity contribution in [2.24, 2.45) is 0 Å². The molecule has 1 aromatic heterocycles. The van der Waals surface area contributed by atoms with E-state index in [0.29, 0.717) is 39.0 Å². The molecule has 1 aromatic rings. The Kier molecular flexibility index (Phi) is 5.29. The van der Waals surface area contributed by atoms with Gasteiger partial charge in [-0.15, -0.1) is 0 Å². The number of urea groups is 1. The van der Waals surface area contributed by atoms with Crippen molar-refractivity contribution in [2.45, 2.75) is 50.0 Å². The van der Waals surface area contributed by atoms with E-state index in [1.165, 1.54) is 0 Å². The first kappa shape index (κ1) is 19.2. The van der Waals surface area contributed by atoms with Crippen molar-refractivity contribution in [1.82, 2.24) is 24.7 Å². The van der Waals surface area contributed by atoms with Crippen LogP contribution in [0.5, 0.6) is 0 Å². The molecule has 9 heteroatoms. The van der Waals surface area contributed by atoms with Crippen LogP contribution in [0.15, 0.2) is 12.4 Å². The van der Waals surface area contributed by atoms with E-state index in [2.05, 4.69) is 10.3 Å². The Balaban J connectivity index is 1.44. The molecule has 0 saturated carbocycles. The fourth-order valence-corrected chi connectivity index (χ4v) is 4.35. The van der Waals surface area contributed by atoms with Crippen molar-refractivity contribution in [2.75, 3.05) is 40.3 Å². The van der Waals surface area contributed by atoms with Gasteiger partial charge in [0.1, 0.15) is 11.4 Å². The predicted molar refractivity (Wildman–Crippen MR) is 101 cm³/mol. The maximum atomic E-state index is 12.8. The lowest BCUT2D eigenvalue weighted by Gasteiger charge is -2.45. The number of amides is 3. The summed E-state index contributed by atoms with van der Waals surface area (Å²) in [4.78, 5) is 33.0. The van der Waals surface area contributed by atoms with Crippen LogP contribution in [-0.4, -0.2) is 83.8 Å². The van der Waals surface area contributed by atoms with Crippen LogP contribution in [-0.2, 0) is 26.4 Å². The lowest BCUT2D eigenvalue weighted by molar-refractivity contribution is -0.172. The molecule has 4 heterocycles. The Labute approximate surface area is 165 Å². The van der Waals surface area contributed by atoms with E-state index < -0.39 is 11.7 Å². The molecule has 3 aliphatic heterocycles. The summed E-state index contributed by atoms with van der Waals surface area (Å²) in [6, 6.07) is -0.000132. The van der Waals surface area contributed by atoms with Crippen LogP contribution in [0.4, 0.5) is 4.79 Å². The third kappa shape index (κ3) is 3.60. The number of hydrogen-bond donors (Lipinski definition) is 1. The molecule has 2 saturated heterocycles. The van der Waals surface area contributed by atoms with E-state index in [-0.39, 0.29) is 18.0 Å². The molecule has 2 unspecified atom stereocenters. The number of piperidine rings is 1. The summed E-state index contributed by atoms with van der Waals surface area (Å²) >= 11 is 0. The molecule has 0 bridgehead atoms. The number of ether oxygens (including phenoxy) is 2. The minimum Gasteiger partial charge on any atom is -0.376 e. The Hall–Kier alpha value is -2.13. The van der Waals surface area contributed by atoms with Crippen molar-refractivity contribution in [3.8, 4) is 0 Å². The summed E-state index contributed by atoms with van der Waals surface area (Å²) < 4.78 is 14.0. The van der Waals surface area contributed by atoms with Gasteiger partial charge < -0.3 is 29.2 Å². The van der Waals surface area contributed by atoms with Crippen molar-refractivity contribution < 1.29 is 19.1 Å². The van der Waals surface area contributed by atoms with Crippen LogP contribution >= 0.6 is 0 Å². The van der Waals surface area contributed by atoms with E-state index in [4.69, 9.17) is 9.47 Å². The molecule has 0 radical (unpaired) electrons. The van der Waals surface area contributed by atoms with Crippen molar-refractivity contribution in [3.05, 3.63) is 18.2 Å². The van der Waals surface area contributed by atoms with E-state index >= 15 is 0 Å². The number of rotatable bonds is 3. The van der Waals surface area contributed by atoms with Crippen molar-refractivity contribution in [3.63, 3.8) is 0 Å². The lowest BCUT2D eigenvalue weighted by atomic mass is 9.88. The van der Waals surface area contributed by atoms with E-state index in [9.17, 15) is 9.59 Å². The molecular weight excluding hydrogens is 362 g/mol. The number of imidazole rings is 1. The topological polar surface area (TPSA) is 88.9 Å². The number of carbonyl (C=O) groups excluding carboxylic acids is 2. The molecule has 1 N–H and O–H groups in total. The minimum atomic E-state index is -0.628. The highest BCUT2D eigenvalue weighted by Gasteiger charge is 2.47. The molecule has 3 amide bonds. The lowest BCUT2D eigenvalue weighted by Crippen LogP contribution is -2.56. The van der Waals surface area contributed by atoms with Gasteiger partial charge in [-0.2, -0.15) is 0 Å². The maximum absolute atomic E-state index is 12.8. The number of hydrogen-bond acceptors (Lipinski definition) is 5. The Morgan fingerprint density at radius 3 is 2.82 bits per heavy atom. The Morgan fingerprint density at radius 1 is 1.36 bits per heavy atom. The van der Waals surface area contributed by atoms with Gasteiger partial charge in [0.25, 0.3) is 5.91 Å². The molecule has 9 nitrogen and oxygen atoms in total. The van der Waals surface area contributed by atoms with Gasteiger partial charge in [0, 0.05) is 65.6 Å². The van der Waals surface area contributed by atoms with Gasteiger partial charge >= 0.3 is 6.03 Å². The first-order valence-corrected chi connectivity index (χ1v) is 10.0. The van der Waals surface area contributed by atoms with E-state index in [0.717, 1.165) is 25.3 Å². The predicted octanol–water partition coefficient (Wildman–Crippen LogP) is 0.550. The fourth-order valence-electron chi connectivity index (χ4n) is 4.35. The summed E-state index contributed by atoms with van der Waals surface area (Å²) in [5.74, 6) is 0.744. The van der Waals surface area contributed by atoms with Gasteiger partial charge in [-0.25, -0.2) is 9.78 Å². The first-order valence-electron chi connectivity index (χ1n) is 10.0. The van der Waals surface area contributed by atoms with Crippen LogP contribution < -0.4 is 5.32 Å². The van der Waals surface area contributed by atoms with Crippen LogP contribution in [0.2, 0.25) is 0 Å². The molecule has 0 aromatic carbocycles. The van der Waals surface area contributed by atoms with Gasteiger partial charge in [0.05, 0.1) is 12.6 Å². The van der Waals surface area contributed by atoms with Crippen LogP contribution in [0.1, 0.15) is 31.5 Å². The molecule has 2 atom stereocenters. The average Bonchev–Trinajstić information content (AvgIpc) is 3.38. The highest BCUT2D eigenvalue weighted by Crippen LogP contribution is 2.40. The number of nitrogens with one attached hydrogen (secondary N) is 1. The minimum absolute atomic E-state index is 0.000132. The zero-order valence-electron chi connectivity index (χ0n) is 16.6. The summed E-state index contributed by atoms with van der Waals surface area (Å²) in [5.41, 5.74) is -0.628. The molecule has 2 fully saturated rings. The molecular formula is C19H29N5O4. The third-order valence-electron chi connectivity index (χ3n) is 5.90. The largest absolute Gasteiger partial charge is 0.376 e. The number of likely N-dealkylation sites (tertiary alicyclic amines) is 1. The summed E-state index contributed by atoms with van der Waals surface area (Å²) in [5, 5.41) is 2.99. The quantitative estimate of drug-likeness (QED) is 0.813. The standard InChI is InChI=1S/C19H29N5O4/c1-22(2)18(26)23-8-5-19(6-9-23)17-20-7-10-24(17)13-15(28-19)16(25)21-12-14-4-3-11-27-14/h7,10,14-15H,3-6,8-9,11-13H2,1-2H3,(H,21,25). The van der Waals surface area contributed by atoms with Gasteiger partial charge in [-0.1, -0.05) is 0 Å². The van der Waals surface area contributed by atoms with Crippen molar-refractivity contribution >= 4 is 11.9 Å². The molecule has 4 rings (SSSR count). The van der Waals surface area contributed by atoms with E-state index in [1.54, 1.807) is 25.2 Å². The fraction of sp³-hybridized carbons (Fsp3) is 0.737. The summed E-state index contributed by atoms with van der Waals surface area (Å²) in [7, 11) is 3.51. The number of aromatic nitrogens is 2. The average molecular weight is 391 g/mol. The third-order valence-corrected chi connectivity index (χ3v) is 5.90. The Morgan fingerprint density at radius 2 is 2.14 bits per heavy atom. The second-order valence-electron chi connectivity index (χ2n) is 8.05. The van der Waals surface area contributed by atoms with Gasteiger partial charge in [0.15, 0.2) is 6.10 Å². The molecule has 28 heavy (non-hydrogen) atoms. The molecule has 154 valence electrons. The zero-order chi connectivity index (χ0) is 19.7. The van der Waals surface area contributed by atoms with Crippen LogP contribution in [0.25, 0.3) is 0 Å². The van der Waals surface area contributed by atoms with E-state index in [1.807, 2.05) is 15.7 Å². The number of fused-ring (bicyclic) bond motifs is 2. The second kappa shape index (κ2) is 7.71. The molecule has 0 aliphatic carbocycles. The number of nitrogens with zero attached hydrogens (tertiary/aromatic N) is 4. The maximum Gasteiger partial charge on any atom is 0.319 e. The zero-order valence-corrected chi connectivity index (χ0v) is 16.6.